The van der Waals surface area contributed by atoms with Gasteiger partial charge in [-0.3, -0.25) is 0 Å². The van der Waals surface area contributed by atoms with E-state index in [0.717, 1.165) is 0 Å². The molecule has 2 rings (SSSR count). The predicted molar refractivity (Wildman–Crippen MR) is 54.3 cm³/mol. The van der Waals surface area contributed by atoms with Crippen molar-refractivity contribution < 1.29 is 10.2 Å². The Hall–Kier alpha value is -1.32. The van der Waals surface area contributed by atoms with Gasteiger partial charge >= 0.3 is 0 Å². The van der Waals surface area contributed by atoms with Crippen molar-refractivity contribution in [3.63, 3.8) is 0 Å². The minimum atomic E-state index is -0.151. The summed E-state index contributed by atoms with van der Waals surface area (Å²) < 4.78 is 0. The van der Waals surface area contributed by atoms with E-state index in [0.29, 0.717) is 21.6 Å². The van der Waals surface area contributed by atoms with Crippen molar-refractivity contribution >= 4 is 22.5 Å². The molecule has 0 fully saturated rings. The first-order chi connectivity index (χ1) is 6.72. The summed E-state index contributed by atoms with van der Waals surface area (Å²) in [6.07, 6.45) is 0. The quantitative estimate of drug-likeness (QED) is 0.756. The van der Waals surface area contributed by atoms with Crippen molar-refractivity contribution in [2.24, 2.45) is 0 Å². The molecule has 14 heavy (non-hydrogen) atoms. The first-order valence-corrected chi connectivity index (χ1v) is 4.48. The van der Waals surface area contributed by atoms with Gasteiger partial charge in [0.25, 0.3) is 0 Å². The highest BCUT2D eigenvalue weighted by Gasteiger charge is 2.05. The van der Waals surface area contributed by atoms with E-state index in [4.69, 9.17) is 16.7 Å². The Morgan fingerprint density at radius 2 is 2.00 bits per heavy atom. The van der Waals surface area contributed by atoms with Crippen LogP contribution in [-0.4, -0.2) is 15.2 Å². The molecule has 1 heterocycles. The smallest absolute Gasteiger partial charge is 0.141 e. The van der Waals surface area contributed by atoms with Crippen LogP contribution in [0.4, 0.5) is 0 Å². The summed E-state index contributed by atoms with van der Waals surface area (Å²) in [5.74, 6) is 0.0692. The third kappa shape index (κ3) is 1.41. The maximum absolute atomic E-state index is 9.51. The lowest BCUT2D eigenvalue weighted by Gasteiger charge is -2.03. The average molecular weight is 210 g/mol. The van der Waals surface area contributed by atoms with Gasteiger partial charge < -0.3 is 10.2 Å². The molecule has 0 saturated carbocycles. The summed E-state index contributed by atoms with van der Waals surface area (Å²) in [5.41, 5.74) is 0.930. The molecular formula is C10H8ClNO2. The number of nitrogens with zero attached hydrogens (tertiary/aromatic N) is 1. The summed E-state index contributed by atoms with van der Waals surface area (Å²) in [5, 5.41) is 19.6. The van der Waals surface area contributed by atoms with E-state index in [1.165, 1.54) is 6.07 Å². The van der Waals surface area contributed by atoms with Gasteiger partial charge in [-0.15, -0.1) is 0 Å². The van der Waals surface area contributed by atoms with E-state index in [1.807, 2.05) is 0 Å². The summed E-state index contributed by atoms with van der Waals surface area (Å²) in [4.78, 5) is 4.07. The Morgan fingerprint density at radius 1 is 1.21 bits per heavy atom. The molecule has 1 aromatic carbocycles. The minimum Gasteiger partial charge on any atom is -0.506 e. The lowest BCUT2D eigenvalue weighted by molar-refractivity contribution is 0.277. The number of pyridine rings is 1. The fourth-order valence-electron chi connectivity index (χ4n) is 1.30. The maximum atomic E-state index is 9.51. The maximum Gasteiger partial charge on any atom is 0.141 e. The molecule has 3 nitrogen and oxygen atoms in total. The normalized spacial score (nSPS) is 10.7. The molecule has 0 amide bonds. The van der Waals surface area contributed by atoms with Gasteiger partial charge in [0.15, 0.2) is 0 Å². The molecule has 0 saturated heterocycles. The Morgan fingerprint density at radius 3 is 2.71 bits per heavy atom. The number of phenols is 1. The van der Waals surface area contributed by atoms with Gasteiger partial charge in [0.1, 0.15) is 11.3 Å². The highest BCUT2D eigenvalue weighted by atomic mass is 35.5. The monoisotopic (exact) mass is 209 g/mol. The Bertz CT molecular complexity index is 485. The number of fused-ring (bicyclic) bond motifs is 1. The summed E-state index contributed by atoms with van der Waals surface area (Å²) in [6, 6.07) is 6.50. The number of phenolic OH excluding ortho intramolecular Hbond substituents is 1. The largest absolute Gasteiger partial charge is 0.506 e. The molecule has 4 heteroatoms. The van der Waals surface area contributed by atoms with Crippen molar-refractivity contribution in [1.82, 2.24) is 4.98 Å². The third-order valence-corrected chi connectivity index (χ3v) is 2.33. The third-order valence-electron chi connectivity index (χ3n) is 2.00. The molecule has 0 radical (unpaired) electrons. The van der Waals surface area contributed by atoms with Crippen molar-refractivity contribution in [3.8, 4) is 5.75 Å². The molecule has 0 aliphatic heterocycles. The number of aliphatic hydroxyl groups excluding tert-OH is 1. The average Bonchev–Trinajstić information content (AvgIpc) is 2.23. The number of aromatic hydroxyl groups is 1. The van der Waals surface area contributed by atoms with Crippen LogP contribution in [0.3, 0.4) is 0 Å². The number of halogens is 1. The van der Waals surface area contributed by atoms with E-state index in [9.17, 15) is 5.11 Å². The van der Waals surface area contributed by atoms with Gasteiger partial charge in [0.05, 0.1) is 17.3 Å². The second kappa shape index (κ2) is 3.44. The molecule has 0 spiro atoms. The van der Waals surface area contributed by atoms with Crippen LogP contribution in [0.1, 0.15) is 5.69 Å². The number of rotatable bonds is 1. The van der Waals surface area contributed by atoms with Gasteiger partial charge in [-0.05, 0) is 24.3 Å². The zero-order chi connectivity index (χ0) is 10.1. The van der Waals surface area contributed by atoms with Crippen LogP contribution in [0.5, 0.6) is 5.75 Å². The van der Waals surface area contributed by atoms with E-state index in [1.54, 1.807) is 18.2 Å². The van der Waals surface area contributed by atoms with Gasteiger partial charge in [-0.2, -0.15) is 0 Å². The topological polar surface area (TPSA) is 53.4 Å². The molecular weight excluding hydrogens is 202 g/mol. The molecule has 0 aliphatic carbocycles. The Kier molecular flexibility index (Phi) is 2.27. The second-order valence-electron chi connectivity index (χ2n) is 2.92. The standard InChI is InChI=1S/C10H8ClNO2/c11-8-3-4-9(14)10-7(8)2-1-6(5-13)12-10/h1-4,13-14H,5H2. The first kappa shape index (κ1) is 9.24. The highest BCUT2D eigenvalue weighted by Crippen LogP contribution is 2.29. The number of aliphatic hydroxyl groups is 1. The molecule has 0 bridgehead atoms. The van der Waals surface area contributed by atoms with Crippen LogP contribution in [0.25, 0.3) is 10.9 Å². The Labute approximate surface area is 85.6 Å². The molecule has 0 unspecified atom stereocenters. The van der Waals surface area contributed by atoms with Gasteiger partial charge in [-0.1, -0.05) is 11.6 Å². The molecule has 0 atom stereocenters. The first-order valence-electron chi connectivity index (χ1n) is 4.10. The molecule has 2 aromatic rings. The number of hydrogen-bond acceptors (Lipinski definition) is 3. The van der Waals surface area contributed by atoms with E-state index in [-0.39, 0.29) is 12.4 Å². The highest BCUT2D eigenvalue weighted by molar-refractivity contribution is 6.35. The zero-order valence-corrected chi connectivity index (χ0v) is 7.99. The van der Waals surface area contributed by atoms with Crippen molar-refractivity contribution in [3.05, 3.63) is 35.0 Å². The van der Waals surface area contributed by atoms with Crippen LogP contribution in [0, 0.1) is 0 Å². The van der Waals surface area contributed by atoms with Crippen LogP contribution in [0.15, 0.2) is 24.3 Å². The fraction of sp³-hybridized carbons (Fsp3) is 0.100. The van der Waals surface area contributed by atoms with Crippen LogP contribution in [-0.2, 0) is 6.61 Å². The zero-order valence-electron chi connectivity index (χ0n) is 7.24. The van der Waals surface area contributed by atoms with Crippen LogP contribution < -0.4 is 0 Å². The van der Waals surface area contributed by atoms with Gasteiger partial charge in [-0.25, -0.2) is 4.98 Å². The van der Waals surface area contributed by atoms with Crippen molar-refractivity contribution in [2.45, 2.75) is 6.61 Å². The number of hydrogen-bond donors (Lipinski definition) is 2. The van der Waals surface area contributed by atoms with Crippen molar-refractivity contribution in [2.75, 3.05) is 0 Å². The summed E-state index contributed by atoms with van der Waals surface area (Å²) in [6.45, 7) is -0.151. The van der Waals surface area contributed by atoms with Gasteiger partial charge in [0.2, 0.25) is 0 Å². The van der Waals surface area contributed by atoms with Crippen LogP contribution in [0.2, 0.25) is 5.02 Å². The number of benzene rings is 1. The van der Waals surface area contributed by atoms with Gasteiger partial charge in [0, 0.05) is 5.39 Å². The fourth-order valence-corrected chi connectivity index (χ4v) is 1.51. The SMILES string of the molecule is OCc1ccc2c(Cl)ccc(O)c2n1. The summed E-state index contributed by atoms with van der Waals surface area (Å²) >= 11 is 5.91. The molecule has 72 valence electrons. The lowest BCUT2D eigenvalue weighted by Crippen LogP contribution is -1.89. The summed E-state index contributed by atoms with van der Waals surface area (Å²) in [7, 11) is 0. The van der Waals surface area contributed by atoms with Crippen LogP contribution >= 0.6 is 11.6 Å². The minimum absolute atomic E-state index is 0.0692. The van der Waals surface area contributed by atoms with E-state index >= 15 is 0 Å². The Balaban J connectivity index is 2.80. The van der Waals surface area contributed by atoms with E-state index in [2.05, 4.69) is 4.98 Å². The predicted octanol–water partition coefficient (Wildman–Crippen LogP) is 2.09. The molecule has 0 aliphatic rings. The van der Waals surface area contributed by atoms with Crippen molar-refractivity contribution in [1.29, 1.82) is 0 Å². The molecule has 1 aromatic heterocycles. The second-order valence-corrected chi connectivity index (χ2v) is 3.33. The van der Waals surface area contributed by atoms with E-state index < -0.39 is 0 Å². The molecule has 2 N–H and O–H groups in total. The number of aromatic nitrogens is 1. The lowest BCUT2D eigenvalue weighted by atomic mass is 10.2.